The Hall–Kier alpha value is -12.3. The van der Waals surface area contributed by atoms with Crippen molar-refractivity contribution in [2.24, 2.45) is 0 Å². The number of benzene rings is 14. The molecule has 0 unspecified atom stereocenters. The third-order valence-corrected chi connectivity index (χ3v) is 19.4. The van der Waals surface area contributed by atoms with Crippen molar-refractivity contribution in [2.45, 2.75) is 0 Å². The summed E-state index contributed by atoms with van der Waals surface area (Å²) in [6.45, 7) is 0. The molecule has 0 aliphatic rings. The maximum atomic E-state index is 6.36. The first-order valence-electron chi connectivity index (χ1n) is 31.3. The molecule has 430 valence electrons. The van der Waals surface area contributed by atoms with Gasteiger partial charge in [-0.1, -0.05) is 224 Å². The Morgan fingerprint density at radius 1 is 0.312 bits per heavy atom. The molecule has 0 amide bonds. The zero-order valence-electron chi connectivity index (χ0n) is 49.6. The van der Waals surface area contributed by atoms with Gasteiger partial charge in [-0.25, -0.2) is 19.9 Å². The van der Waals surface area contributed by atoms with Crippen molar-refractivity contribution in [3.05, 3.63) is 296 Å². The average molecular weight is 1200 g/mol. The molecule has 0 saturated carbocycles. The van der Waals surface area contributed by atoms with E-state index >= 15 is 0 Å². The number of aromatic nitrogens is 8. The summed E-state index contributed by atoms with van der Waals surface area (Å²) in [4.78, 5) is 23.7. The molecule has 93 heavy (non-hydrogen) atoms. The van der Waals surface area contributed by atoms with Crippen molar-refractivity contribution in [3.63, 3.8) is 0 Å². The predicted molar refractivity (Wildman–Crippen MR) is 388 cm³/mol. The van der Waals surface area contributed by atoms with Crippen molar-refractivity contribution in [2.75, 3.05) is 0 Å². The third-order valence-electron chi connectivity index (χ3n) is 19.2. The Bertz CT molecular complexity index is 6820. The Balaban J connectivity index is 0.000000107. The summed E-state index contributed by atoms with van der Waals surface area (Å²) in [6.07, 6.45) is 0. The van der Waals surface area contributed by atoms with Crippen molar-refractivity contribution < 1.29 is 0 Å². The molecule has 22 aromatic rings. The summed E-state index contributed by atoms with van der Waals surface area (Å²) in [6, 6.07) is 104. The molecule has 9 heteroatoms. The minimum atomic E-state index is 0.435. The molecule has 0 spiro atoms. The maximum absolute atomic E-state index is 6.36. The second-order valence-corrected chi connectivity index (χ2v) is 24.4. The number of nitrogens with zero attached hydrogens (tertiary/aromatic N) is 7. The lowest BCUT2D eigenvalue weighted by atomic mass is 10.0. The molecular formula is C84H48ClN8+. The van der Waals surface area contributed by atoms with Crippen molar-refractivity contribution >= 4 is 175 Å². The van der Waals surface area contributed by atoms with E-state index in [0.29, 0.717) is 5.15 Å². The summed E-state index contributed by atoms with van der Waals surface area (Å²) in [5.41, 5.74) is 19.0. The monoisotopic (exact) mass is 1200 g/mol. The largest absolute Gasteiger partial charge is 0.324 e. The average Bonchev–Trinajstić information content (AvgIpc) is 1.55. The van der Waals surface area contributed by atoms with Gasteiger partial charge in [-0.2, -0.15) is 0 Å². The molecule has 8 heterocycles. The van der Waals surface area contributed by atoms with E-state index in [-0.39, 0.29) is 0 Å². The van der Waals surface area contributed by atoms with E-state index < -0.39 is 0 Å². The lowest BCUT2D eigenvalue weighted by Gasteiger charge is -2.15. The molecule has 14 aromatic carbocycles. The molecule has 0 radical (unpaired) electrons. The smallest absolute Gasteiger partial charge is 0.216 e. The zero-order chi connectivity index (χ0) is 61.0. The highest BCUT2D eigenvalue weighted by Crippen LogP contribution is 2.46. The van der Waals surface area contributed by atoms with Gasteiger partial charge in [0.1, 0.15) is 28.2 Å². The van der Waals surface area contributed by atoms with Crippen LogP contribution in [-0.4, -0.2) is 38.3 Å². The number of H-pyrrole nitrogens is 1. The number of fused-ring (bicyclic) bond motifs is 16. The number of nitrogens with one attached hydrogen (secondary N) is 1. The molecule has 0 aliphatic carbocycles. The lowest BCUT2D eigenvalue weighted by Crippen LogP contribution is -2.04. The first-order chi connectivity index (χ1) is 46.1. The van der Waals surface area contributed by atoms with E-state index in [0.717, 1.165) is 88.5 Å². The number of halogens is 1. The highest BCUT2D eigenvalue weighted by molar-refractivity contribution is 6.34. The van der Waals surface area contributed by atoms with Crippen LogP contribution >= 0.6 is 11.6 Å². The van der Waals surface area contributed by atoms with Gasteiger partial charge in [0.2, 0.25) is 5.52 Å². The van der Waals surface area contributed by atoms with E-state index in [9.17, 15) is 0 Å². The van der Waals surface area contributed by atoms with Gasteiger partial charge in [0, 0.05) is 65.0 Å². The van der Waals surface area contributed by atoms with E-state index in [1.165, 1.54) is 103 Å². The van der Waals surface area contributed by atoms with Crippen molar-refractivity contribution in [1.29, 1.82) is 0 Å². The van der Waals surface area contributed by atoms with Crippen LogP contribution in [0.5, 0.6) is 0 Å². The number of para-hydroxylation sites is 4. The summed E-state index contributed by atoms with van der Waals surface area (Å²) in [5.74, 6) is 0.834. The van der Waals surface area contributed by atoms with Gasteiger partial charge < -0.3 is 13.8 Å². The number of aromatic amines is 1. The second kappa shape index (κ2) is 19.8. The van der Waals surface area contributed by atoms with Crippen LogP contribution in [0.25, 0.3) is 192 Å². The van der Waals surface area contributed by atoms with Gasteiger partial charge in [0.15, 0.2) is 11.0 Å². The topological polar surface area (TPSA) is 81.1 Å². The van der Waals surface area contributed by atoms with Crippen LogP contribution in [0.4, 0.5) is 0 Å². The van der Waals surface area contributed by atoms with Crippen molar-refractivity contribution in [1.82, 2.24) is 38.3 Å². The van der Waals surface area contributed by atoms with Gasteiger partial charge in [-0.3, -0.25) is 4.57 Å². The van der Waals surface area contributed by atoms with E-state index in [4.69, 9.17) is 26.6 Å². The fourth-order valence-electron chi connectivity index (χ4n) is 15.3. The molecule has 0 aliphatic heterocycles. The molecular weight excluding hydrogens is 1160 g/mol. The van der Waals surface area contributed by atoms with Gasteiger partial charge in [0.05, 0.1) is 89.2 Å². The fourth-order valence-corrected chi connectivity index (χ4v) is 15.5. The quantitative estimate of drug-likeness (QED) is 0.141. The lowest BCUT2D eigenvalue weighted by molar-refractivity contribution is 1.08. The molecule has 8 nitrogen and oxygen atoms in total. The minimum Gasteiger partial charge on any atom is -0.324 e. The highest BCUT2D eigenvalue weighted by atomic mass is 35.5. The second-order valence-electron chi connectivity index (χ2n) is 24.1. The Labute approximate surface area is 534 Å². The SMILES string of the molecule is Clc1nc2c(ccc3ccccc32)nc1-c1ccccc1.[c+]1ccc2c3cccc4c5ccccc5n(c5cccc6[nH]c1c2c65)c34.c1ccc(-c2nc3ccc4ccccc4c3nc2-n2c3cccc4c5cccc6c7ccccc7n(c7cccc2c7c43)c56)cc1. The minimum absolute atomic E-state index is 0.435. The van der Waals surface area contributed by atoms with Crippen LogP contribution in [0.3, 0.4) is 0 Å². The van der Waals surface area contributed by atoms with Crippen LogP contribution in [0.1, 0.15) is 0 Å². The summed E-state index contributed by atoms with van der Waals surface area (Å²) < 4.78 is 7.27. The predicted octanol–water partition coefficient (Wildman–Crippen LogP) is 22.1. The zero-order valence-corrected chi connectivity index (χ0v) is 50.4. The van der Waals surface area contributed by atoms with E-state index in [1.54, 1.807) is 0 Å². The van der Waals surface area contributed by atoms with E-state index in [2.05, 4.69) is 254 Å². The van der Waals surface area contributed by atoms with Gasteiger partial charge in [0.25, 0.3) is 0 Å². The number of rotatable bonds is 3. The molecule has 8 aromatic heterocycles. The van der Waals surface area contributed by atoms with Crippen LogP contribution in [0.2, 0.25) is 5.15 Å². The molecule has 22 rings (SSSR count). The molecule has 0 fully saturated rings. The van der Waals surface area contributed by atoms with Crippen LogP contribution in [0.15, 0.2) is 285 Å². The van der Waals surface area contributed by atoms with Gasteiger partial charge >= 0.3 is 0 Å². The number of hydrogen-bond donors (Lipinski definition) is 1. The summed E-state index contributed by atoms with van der Waals surface area (Å²) in [5, 5.41) is 20.2. The Kier molecular flexibility index (Phi) is 11.0. The number of hydrogen-bond acceptors (Lipinski definition) is 4. The standard InChI is InChI=1S/C42H24N4.C24H13N2.C18H11ClN2/c1-2-12-26(13-3-1)39-42(44-40-27-14-5-4-11-25(27)23-24-32(40)43-39)46-34-20-9-16-29-31-18-8-17-30-28-15-6-7-19-33(28)45(41(30)31)35-21-10-22-36(46)38(35)37(29)34;1-2-12-20-14(6-1)16-8-3-9-17-15-7-4-10-18-22(15)23-19(25-18)11-5-13-21(23)26(20)24(16)17;19-18-16(13-7-2-1-3-8-13)20-15-11-10-12-6-4-5-9-14(12)17(15)21-18/h1-24H;1-9,11-13,25H;1-11H/q;+1;. The van der Waals surface area contributed by atoms with Crippen LogP contribution in [0, 0.1) is 6.07 Å². The molecule has 0 atom stereocenters. The normalized spacial score (nSPS) is 12.1. The summed E-state index contributed by atoms with van der Waals surface area (Å²) in [7, 11) is 0. The highest BCUT2D eigenvalue weighted by Gasteiger charge is 2.27. The maximum Gasteiger partial charge on any atom is 0.216 e. The van der Waals surface area contributed by atoms with Crippen LogP contribution < -0.4 is 0 Å². The van der Waals surface area contributed by atoms with Crippen LogP contribution in [-0.2, 0) is 0 Å². The first-order valence-corrected chi connectivity index (χ1v) is 31.7. The Morgan fingerprint density at radius 3 is 1.39 bits per heavy atom. The van der Waals surface area contributed by atoms with E-state index in [1.807, 2.05) is 60.7 Å². The Morgan fingerprint density at radius 2 is 0.753 bits per heavy atom. The molecule has 0 saturated heterocycles. The fraction of sp³-hybridized carbons (Fsp3) is 0. The molecule has 0 bridgehead atoms. The third kappa shape index (κ3) is 7.47. The van der Waals surface area contributed by atoms with Gasteiger partial charge in [-0.15, -0.1) is 0 Å². The molecule has 1 N–H and O–H groups in total. The van der Waals surface area contributed by atoms with Crippen molar-refractivity contribution in [3.8, 4) is 28.3 Å². The van der Waals surface area contributed by atoms with Gasteiger partial charge in [-0.05, 0) is 76.8 Å². The first kappa shape index (κ1) is 51.6. The summed E-state index contributed by atoms with van der Waals surface area (Å²) >= 11 is 6.36.